The minimum atomic E-state index is -0.260. The van der Waals surface area contributed by atoms with Crippen molar-refractivity contribution in [1.29, 1.82) is 0 Å². The lowest BCUT2D eigenvalue weighted by atomic mass is 9.90. The van der Waals surface area contributed by atoms with Gasteiger partial charge in [-0.3, -0.25) is 9.78 Å². The monoisotopic (exact) mass is 443 g/mol. The van der Waals surface area contributed by atoms with Crippen LogP contribution in [0.2, 0.25) is 0 Å². The van der Waals surface area contributed by atoms with Crippen LogP contribution in [0.1, 0.15) is 42.1 Å². The third kappa shape index (κ3) is 4.98. The number of nitrogens with one attached hydrogen (secondary N) is 2. The standard InChI is InChI=1S/C28H30FN3O/c29-24-9-7-20(8-10-24)25-6-3-13-31-27(25)26(32-28(33)21-11-14-30-15-12-21)18-19-16-22-4-1-2-5-23(22)17-19/h1-10,13,19,21,26,30H,11-12,14-18H2,(H,32,33)/t26-/m0/s1. The van der Waals surface area contributed by atoms with Crippen LogP contribution in [0.25, 0.3) is 11.1 Å². The molecule has 1 aliphatic heterocycles. The van der Waals surface area contributed by atoms with Crippen LogP contribution in [0, 0.1) is 17.7 Å². The van der Waals surface area contributed by atoms with Crippen molar-refractivity contribution in [3.05, 3.63) is 89.5 Å². The Morgan fingerprint density at radius 1 is 1.00 bits per heavy atom. The molecule has 1 amide bonds. The molecule has 1 atom stereocenters. The Kier molecular flexibility index (Phi) is 6.49. The first-order valence-electron chi connectivity index (χ1n) is 12.0. The Balaban J connectivity index is 1.44. The van der Waals surface area contributed by atoms with E-state index in [9.17, 15) is 9.18 Å². The van der Waals surface area contributed by atoms with E-state index < -0.39 is 0 Å². The molecule has 0 radical (unpaired) electrons. The zero-order chi connectivity index (χ0) is 22.6. The van der Waals surface area contributed by atoms with Crippen LogP contribution in [0.15, 0.2) is 66.9 Å². The lowest BCUT2D eigenvalue weighted by Gasteiger charge is -2.28. The Hall–Kier alpha value is -3.05. The summed E-state index contributed by atoms with van der Waals surface area (Å²) in [6.45, 7) is 1.76. The van der Waals surface area contributed by atoms with Crippen LogP contribution in [-0.4, -0.2) is 24.0 Å². The molecule has 0 saturated carbocycles. The molecule has 170 valence electrons. The largest absolute Gasteiger partial charge is 0.347 e. The maximum Gasteiger partial charge on any atom is 0.223 e. The predicted octanol–water partition coefficient (Wildman–Crippen LogP) is 4.85. The highest BCUT2D eigenvalue weighted by Crippen LogP contribution is 2.36. The second-order valence-electron chi connectivity index (χ2n) is 9.31. The van der Waals surface area contributed by atoms with E-state index in [1.807, 2.05) is 12.1 Å². The van der Waals surface area contributed by atoms with Crippen LogP contribution in [0.5, 0.6) is 0 Å². The summed E-state index contributed by atoms with van der Waals surface area (Å²) in [5.74, 6) is 0.340. The van der Waals surface area contributed by atoms with Crippen molar-refractivity contribution in [2.45, 2.75) is 38.1 Å². The van der Waals surface area contributed by atoms with Crippen LogP contribution in [-0.2, 0) is 17.6 Å². The van der Waals surface area contributed by atoms with Crippen molar-refractivity contribution < 1.29 is 9.18 Å². The molecule has 1 saturated heterocycles. The average molecular weight is 444 g/mol. The van der Waals surface area contributed by atoms with Gasteiger partial charge in [0.2, 0.25) is 5.91 Å². The molecule has 1 fully saturated rings. The minimum Gasteiger partial charge on any atom is -0.347 e. The van der Waals surface area contributed by atoms with E-state index in [2.05, 4.69) is 34.9 Å². The van der Waals surface area contributed by atoms with Crippen LogP contribution in [0.3, 0.4) is 0 Å². The van der Waals surface area contributed by atoms with Gasteiger partial charge in [0.1, 0.15) is 5.82 Å². The second-order valence-corrected chi connectivity index (χ2v) is 9.31. The molecular weight excluding hydrogens is 413 g/mol. The molecule has 0 bridgehead atoms. The van der Waals surface area contributed by atoms with Gasteiger partial charge in [0.05, 0.1) is 11.7 Å². The number of benzene rings is 2. The smallest absolute Gasteiger partial charge is 0.223 e. The SMILES string of the molecule is O=C(N[C@@H](CC1Cc2ccccc2C1)c1ncccc1-c1ccc(F)cc1)C1CCNCC1. The van der Waals surface area contributed by atoms with Crippen molar-refractivity contribution in [3.63, 3.8) is 0 Å². The van der Waals surface area contributed by atoms with Gasteiger partial charge < -0.3 is 10.6 Å². The van der Waals surface area contributed by atoms with Gasteiger partial charge in [0.25, 0.3) is 0 Å². The van der Waals surface area contributed by atoms with Gasteiger partial charge in [-0.05, 0) is 86.0 Å². The van der Waals surface area contributed by atoms with E-state index in [0.717, 1.165) is 62.0 Å². The van der Waals surface area contributed by atoms with Gasteiger partial charge >= 0.3 is 0 Å². The molecule has 2 aromatic carbocycles. The Morgan fingerprint density at radius 2 is 1.70 bits per heavy atom. The number of fused-ring (bicyclic) bond motifs is 1. The van der Waals surface area contributed by atoms with E-state index in [-0.39, 0.29) is 23.7 Å². The van der Waals surface area contributed by atoms with E-state index >= 15 is 0 Å². The number of carbonyl (C=O) groups is 1. The normalized spacial score (nSPS) is 17.5. The molecule has 2 heterocycles. The number of carbonyl (C=O) groups excluding carboxylic acids is 1. The number of hydrogen-bond donors (Lipinski definition) is 2. The van der Waals surface area contributed by atoms with Crippen LogP contribution >= 0.6 is 0 Å². The first-order chi connectivity index (χ1) is 16.2. The molecule has 2 aliphatic rings. The number of pyridine rings is 1. The molecule has 2 N–H and O–H groups in total. The molecule has 0 spiro atoms. The molecule has 4 nitrogen and oxygen atoms in total. The van der Waals surface area contributed by atoms with Gasteiger partial charge in [-0.15, -0.1) is 0 Å². The quantitative estimate of drug-likeness (QED) is 0.573. The van der Waals surface area contributed by atoms with Crippen LogP contribution < -0.4 is 10.6 Å². The highest BCUT2D eigenvalue weighted by molar-refractivity contribution is 5.79. The van der Waals surface area contributed by atoms with Gasteiger partial charge in [-0.1, -0.05) is 42.5 Å². The van der Waals surface area contributed by atoms with Gasteiger partial charge in [-0.25, -0.2) is 4.39 Å². The summed E-state index contributed by atoms with van der Waals surface area (Å²) in [4.78, 5) is 18.0. The van der Waals surface area contributed by atoms with Crippen molar-refractivity contribution in [3.8, 4) is 11.1 Å². The second kappa shape index (κ2) is 9.84. The number of aromatic nitrogens is 1. The van der Waals surface area contributed by atoms with Gasteiger partial charge in [0, 0.05) is 17.7 Å². The summed E-state index contributed by atoms with van der Waals surface area (Å²) in [5, 5.41) is 6.71. The Labute approximate surface area is 194 Å². The third-order valence-corrected chi connectivity index (χ3v) is 7.05. The molecule has 5 heteroatoms. The summed E-state index contributed by atoms with van der Waals surface area (Å²) in [5.41, 5.74) is 5.54. The first-order valence-corrected chi connectivity index (χ1v) is 12.0. The number of piperidine rings is 1. The predicted molar refractivity (Wildman–Crippen MR) is 128 cm³/mol. The third-order valence-electron chi connectivity index (χ3n) is 7.05. The van der Waals surface area contributed by atoms with E-state index in [4.69, 9.17) is 4.98 Å². The topological polar surface area (TPSA) is 54.0 Å². The zero-order valence-electron chi connectivity index (χ0n) is 18.8. The molecule has 5 rings (SSSR count). The maximum atomic E-state index is 13.6. The summed E-state index contributed by atoms with van der Waals surface area (Å²) < 4.78 is 13.6. The number of halogens is 1. The summed E-state index contributed by atoms with van der Waals surface area (Å²) in [6.07, 6.45) is 6.39. The Morgan fingerprint density at radius 3 is 2.39 bits per heavy atom. The fraction of sp³-hybridized carbons (Fsp3) is 0.357. The van der Waals surface area contributed by atoms with E-state index in [0.29, 0.717) is 5.92 Å². The van der Waals surface area contributed by atoms with Gasteiger partial charge in [-0.2, -0.15) is 0 Å². The van der Waals surface area contributed by atoms with Gasteiger partial charge in [0.15, 0.2) is 0 Å². The summed E-state index contributed by atoms with van der Waals surface area (Å²) in [7, 11) is 0. The number of rotatable bonds is 6. The average Bonchev–Trinajstić information content (AvgIpc) is 3.27. The first kappa shape index (κ1) is 21.8. The zero-order valence-corrected chi connectivity index (χ0v) is 18.8. The van der Waals surface area contributed by atoms with Crippen molar-refractivity contribution in [2.75, 3.05) is 13.1 Å². The highest BCUT2D eigenvalue weighted by atomic mass is 19.1. The molecular formula is C28H30FN3O. The Bertz CT molecular complexity index is 1080. The number of hydrogen-bond acceptors (Lipinski definition) is 3. The van der Waals surface area contributed by atoms with Crippen LogP contribution in [0.4, 0.5) is 4.39 Å². The number of nitrogens with zero attached hydrogens (tertiary/aromatic N) is 1. The molecule has 1 aliphatic carbocycles. The molecule has 0 unspecified atom stereocenters. The van der Waals surface area contributed by atoms with Crippen molar-refractivity contribution in [2.24, 2.45) is 11.8 Å². The fourth-order valence-corrected chi connectivity index (χ4v) is 5.33. The lowest BCUT2D eigenvalue weighted by molar-refractivity contribution is -0.126. The molecule has 1 aromatic heterocycles. The molecule has 3 aromatic rings. The minimum absolute atomic E-state index is 0.0347. The van der Waals surface area contributed by atoms with Crippen molar-refractivity contribution in [1.82, 2.24) is 15.6 Å². The fourth-order valence-electron chi connectivity index (χ4n) is 5.33. The molecule has 33 heavy (non-hydrogen) atoms. The lowest BCUT2D eigenvalue weighted by Crippen LogP contribution is -2.40. The maximum absolute atomic E-state index is 13.6. The summed E-state index contributed by atoms with van der Waals surface area (Å²) in [6, 6.07) is 18.9. The number of amides is 1. The highest BCUT2D eigenvalue weighted by Gasteiger charge is 2.30. The summed E-state index contributed by atoms with van der Waals surface area (Å²) >= 11 is 0. The van der Waals surface area contributed by atoms with E-state index in [1.54, 1.807) is 18.3 Å². The van der Waals surface area contributed by atoms with Crippen molar-refractivity contribution >= 4 is 5.91 Å². The van der Waals surface area contributed by atoms with E-state index in [1.165, 1.54) is 23.3 Å².